The molecule has 27 heavy (non-hydrogen) atoms. The Labute approximate surface area is 164 Å². The molecule has 2 aromatic carbocycles. The lowest BCUT2D eigenvalue weighted by atomic mass is 10.2. The third-order valence-electron chi connectivity index (χ3n) is 4.28. The molecule has 0 aliphatic rings. The van der Waals surface area contributed by atoms with Gasteiger partial charge in [0.2, 0.25) is 0 Å². The highest BCUT2D eigenvalue weighted by molar-refractivity contribution is 7.09. The fraction of sp³-hybridized carbons (Fsp3) is 0.227. The predicted octanol–water partition coefficient (Wildman–Crippen LogP) is 4.67. The van der Waals surface area contributed by atoms with Gasteiger partial charge in [0.1, 0.15) is 11.5 Å². The predicted molar refractivity (Wildman–Crippen MR) is 108 cm³/mol. The van der Waals surface area contributed by atoms with Crippen molar-refractivity contribution in [1.29, 1.82) is 0 Å². The minimum absolute atomic E-state index is 0.00533. The van der Waals surface area contributed by atoms with Gasteiger partial charge in [0, 0.05) is 17.0 Å². The summed E-state index contributed by atoms with van der Waals surface area (Å²) in [5, 5.41) is 2.02. The van der Waals surface area contributed by atoms with E-state index in [1.807, 2.05) is 77.9 Å². The van der Waals surface area contributed by atoms with Crippen molar-refractivity contribution in [2.24, 2.45) is 0 Å². The Balaban J connectivity index is 1.74. The number of hydrogen-bond acceptors (Lipinski definition) is 4. The molecule has 3 rings (SSSR count). The van der Waals surface area contributed by atoms with E-state index in [2.05, 4.69) is 0 Å². The molecule has 0 atom stereocenters. The Kier molecular flexibility index (Phi) is 6.49. The van der Waals surface area contributed by atoms with Crippen molar-refractivity contribution in [3.05, 3.63) is 82.0 Å². The largest absolute Gasteiger partial charge is 0.496 e. The van der Waals surface area contributed by atoms with Gasteiger partial charge in [-0.3, -0.25) is 4.79 Å². The fourth-order valence-electron chi connectivity index (χ4n) is 2.81. The number of rotatable bonds is 8. The SMILES string of the molecule is COc1ccccc1CN(Cc1cccs1)C(=O)COc1ccccc1C. The lowest BCUT2D eigenvalue weighted by molar-refractivity contribution is -0.134. The van der Waals surface area contributed by atoms with E-state index in [0.717, 1.165) is 27.5 Å². The van der Waals surface area contributed by atoms with E-state index in [1.165, 1.54) is 0 Å². The van der Waals surface area contributed by atoms with E-state index in [-0.39, 0.29) is 12.5 Å². The quantitative estimate of drug-likeness (QED) is 0.569. The number of amides is 1. The third-order valence-corrected chi connectivity index (χ3v) is 5.14. The van der Waals surface area contributed by atoms with Crippen LogP contribution in [0.2, 0.25) is 0 Å². The minimum Gasteiger partial charge on any atom is -0.496 e. The monoisotopic (exact) mass is 381 g/mol. The summed E-state index contributed by atoms with van der Waals surface area (Å²) in [6, 6.07) is 19.5. The van der Waals surface area contributed by atoms with Gasteiger partial charge in [0.15, 0.2) is 6.61 Å². The Bertz CT molecular complexity index is 877. The van der Waals surface area contributed by atoms with E-state index in [1.54, 1.807) is 18.4 Å². The van der Waals surface area contributed by atoms with Gasteiger partial charge in [-0.1, -0.05) is 42.5 Å². The Morgan fingerprint density at radius 3 is 2.41 bits per heavy atom. The molecule has 0 spiro atoms. The molecular weight excluding hydrogens is 358 g/mol. The van der Waals surface area contributed by atoms with E-state index in [9.17, 15) is 4.79 Å². The number of hydrogen-bond donors (Lipinski definition) is 0. The van der Waals surface area contributed by atoms with Crippen LogP contribution >= 0.6 is 11.3 Å². The van der Waals surface area contributed by atoms with Crippen molar-refractivity contribution >= 4 is 17.2 Å². The summed E-state index contributed by atoms with van der Waals surface area (Å²) in [5.74, 6) is 1.46. The maximum atomic E-state index is 12.9. The minimum atomic E-state index is -0.0578. The van der Waals surface area contributed by atoms with Gasteiger partial charge in [-0.05, 0) is 36.1 Å². The molecular formula is C22H23NO3S. The summed E-state index contributed by atoms with van der Waals surface area (Å²) in [7, 11) is 1.64. The number of methoxy groups -OCH3 is 1. The summed E-state index contributed by atoms with van der Waals surface area (Å²) in [6.45, 7) is 2.99. The van der Waals surface area contributed by atoms with Gasteiger partial charge >= 0.3 is 0 Å². The van der Waals surface area contributed by atoms with Crippen LogP contribution in [0.1, 0.15) is 16.0 Å². The highest BCUT2D eigenvalue weighted by atomic mass is 32.1. The molecule has 140 valence electrons. The maximum absolute atomic E-state index is 12.9. The number of para-hydroxylation sites is 2. The molecule has 0 bridgehead atoms. The van der Waals surface area contributed by atoms with E-state index >= 15 is 0 Å². The number of ether oxygens (including phenoxy) is 2. The Morgan fingerprint density at radius 2 is 1.70 bits per heavy atom. The van der Waals surface area contributed by atoms with Crippen molar-refractivity contribution in [2.75, 3.05) is 13.7 Å². The van der Waals surface area contributed by atoms with Gasteiger partial charge in [0.25, 0.3) is 5.91 Å². The first-order valence-electron chi connectivity index (χ1n) is 8.78. The first-order chi connectivity index (χ1) is 13.2. The van der Waals surface area contributed by atoms with Crippen LogP contribution in [-0.2, 0) is 17.9 Å². The van der Waals surface area contributed by atoms with Crippen molar-refractivity contribution in [3.8, 4) is 11.5 Å². The molecule has 3 aromatic rings. The summed E-state index contributed by atoms with van der Waals surface area (Å²) in [5.41, 5.74) is 1.99. The fourth-order valence-corrected chi connectivity index (χ4v) is 3.53. The van der Waals surface area contributed by atoms with Crippen LogP contribution in [0.3, 0.4) is 0 Å². The molecule has 0 saturated heterocycles. The van der Waals surface area contributed by atoms with E-state index in [4.69, 9.17) is 9.47 Å². The van der Waals surface area contributed by atoms with Crippen LogP contribution in [0.15, 0.2) is 66.0 Å². The Hall–Kier alpha value is -2.79. The summed E-state index contributed by atoms with van der Waals surface area (Å²) < 4.78 is 11.2. The molecule has 4 nitrogen and oxygen atoms in total. The molecule has 0 unspecified atom stereocenters. The molecule has 0 aliphatic heterocycles. The Morgan fingerprint density at radius 1 is 0.963 bits per heavy atom. The summed E-state index contributed by atoms with van der Waals surface area (Å²) in [6.07, 6.45) is 0. The summed E-state index contributed by atoms with van der Waals surface area (Å²) in [4.78, 5) is 15.9. The number of aryl methyl sites for hydroxylation is 1. The van der Waals surface area contributed by atoms with Crippen molar-refractivity contribution in [3.63, 3.8) is 0 Å². The van der Waals surface area contributed by atoms with Crippen LogP contribution in [0.4, 0.5) is 0 Å². The normalized spacial score (nSPS) is 10.4. The molecule has 0 fully saturated rings. The molecule has 1 amide bonds. The second-order valence-electron chi connectivity index (χ2n) is 6.20. The van der Waals surface area contributed by atoms with Crippen LogP contribution < -0.4 is 9.47 Å². The van der Waals surface area contributed by atoms with Gasteiger partial charge in [-0.15, -0.1) is 11.3 Å². The molecule has 1 aromatic heterocycles. The topological polar surface area (TPSA) is 38.8 Å². The highest BCUT2D eigenvalue weighted by Gasteiger charge is 2.18. The average Bonchev–Trinajstić information content (AvgIpc) is 3.20. The molecule has 5 heteroatoms. The lowest BCUT2D eigenvalue weighted by Crippen LogP contribution is -2.34. The van der Waals surface area contributed by atoms with Gasteiger partial charge in [-0.25, -0.2) is 0 Å². The second-order valence-corrected chi connectivity index (χ2v) is 7.23. The van der Waals surface area contributed by atoms with Crippen LogP contribution in [-0.4, -0.2) is 24.5 Å². The molecule has 0 aliphatic carbocycles. The van der Waals surface area contributed by atoms with Gasteiger partial charge in [-0.2, -0.15) is 0 Å². The summed E-state index contributed by atoms with van der Waals surface area (Å²) >= 11 is 1.64. The van der Waals surface area contributed by atoms with Crippen LogP contribution in [0.25, 0.3) is 0 Å². The van der Waals surface area contributed by atoms with Crippen LogP contribution in [0.5, 0.6) is 11.5 Å². The second kappa shape index (κ2) is 9.24. The number of benzene rings is 2. The van der Waals surface area contributed by atoms with E-state index in [0.29, 0.717) is 13.1 Å². The smallest absolute Gasteiger partial charge is 0.261 e. The number of carbonyl (C=O) groups is 1. The zero-order chi connectivity index (χ0) is 19.1. The molecule has 1 heterocycles. The number of thiophene rings is 1. The van der Waals surface area contributed by atoms with Crippen molar-refractivity contribution in [1.82, 2.24) is 4.90 Å². The third kappa shape index (κ3) is 5.11. The number of carbonyl (C=O) groups excluding carboxylic acids is 1. The zero-order valence-electron chi connectivity index (χ0n) is 15.6. The van der Waals surface area contributed by atoms with Gasteiger partial charge < -0.3 is 14.4 Å². The molecule has 0 saturated carbocycles. The number of nitrogens with zero attached hydrogens (tertiary/aromatic N) is 1. The van der Waals surface area contributed by atoms with E-state index < -0.39 is 0 Å². The van der Waals surface area contributed by atoms with Crippen LogP contribution in [0, 0.1) is 6.92 Å². The molecule has 0 radical (unpaired) electrons. The zero-order valence-corrected chi connectivity index (χ0v) is 16.4. The average molecular weight is 381 g/mol. The maximum Gasteiger partial charge on any atom is 0.261 e. The standard InChI is InChI=1S/C22H23NO3S/c1-17-8-3-5-11-20(17)26-16-22(24)23(15-19-10-7-13-27-19)14-18-9-4-6-12-21(18)25-2/h3-13H,14-16H2,1-2H3. The molecule has 0 N–H and O–H groups in total. The highest BCUT2D eigenvalue weighted by Crippen LogP contribution is 2.22. The van der Waals surface area contributed by atoms with Gasteiger partial charge in [0.05, 0.1) is 13.7 Å². The first kappa shape index (κ1) is 19.0. The van der Waals surface area contributed by atoms with Crippen molar-refractivity contribution < 1.29 is 14.3 Å². The first-order valence-corrected chi connectivity index (χ1v) is 9.66. The lowest BCUT2D eigenvalue weighted by Gasteiger charge is -2.23. The van der Waals surface area contributed by atoms with Crippen molar-refractivity contribution in [2.45, 2.75) is 20.0 Å².